The molecule has 0 saturated carbocycles. The topological polar surface area (TPSA) is 0 Å². The largest absolute Gasteiger partial charge is 0.0959 e. The maximum absolute atomic E-state index is 3.90. The summed E-state index contributed by atoms with van der Waals surface area (Å²) in [5, 5.41) is 0. The molecule has 0 fully saturated rings. The van der Waals surface area contributed by atoms with E-state index in [-0.39, 0.29) is 0 Å². The van der Waals surface area contributed by atoms with Crippen molar-refractivity contribution in [3.05, 3.63) is 23.3 Å². The predicted octanol–water partition coefficient (Wildman–Crippen LogP) is 3.55. The molecule has 58 valence electrons. The minimum absolute atomic E-state index is 0.650. The first-order valence-corrected chi connectivity index (χ1v) is 3.80. The molecule has 0 aliphatic rings. The van der Waals surface area contributed by atoms with Gasteiger partial charge in [-0.2, -0.15) is 0 Å². The van der Waals surface area contributed by atoms with E-state index in [9.17, 15) is 0 Å². The van der Waals surface area contributed by atoms with Crippen LogP contribution in [0.2, 0.25) is 0 Å². The molecule has 0 unspecified atom stereocenters. The zero-order valence-electron chi connectivity index (χ0n) is 7.78. The summed E-state index contributed by atoms with van der Waals surface area (Å²) in [5.41, 5.74) is 3.99. The molecule has 0 rings (SSSR count). The fraction of sp³-hybridized carbons (Fsp3) is 0.600. The molecular weight excluding hydrogens is 120 g/mol. The van der Waals surface area contributed by atoms with Crippen LogP contribution in [0.3, 0.4) is 0 Å². The molecule has 0 saturated heterocycles. The van der Waals surface area contributed by atoms with E-state index in [1.807, 2.05) is 0 Å². The highest BCUT2D eigenvalue weighted by Crippen LogP contribution is 2.18. The van der Waals surface area contributed by atoms with Gasteiger partial charge < -0.3 is 0 Å². The third-order valence-electron chi connectivity index (χ3n) is 2.10. The van der Waals surface area contributed by atoms with E-state index >= 15 is 0 Å². The van der Waals surface area contributed by atoms with Crippen LogP contribution in [-0.4, -0.2) is 0 Å². The lowest BCUT2D eigenvalue weighted by atomic mass is 9.96. The van der Waals surface area contributed by atoms with Crippen LogP contribution in [0.1, 0.15) is 34.6 Å². The summed E-state index contributed by atoms with van der Waals surface area (Å²) in [6.07, 6.45) is 0. The molecule has 0 amide bonds. The van der Waals surface area contributed by atoms with E-state index in [0.717, 1.165) is 0 Å². The van der Waals surface area contributed by atoms with Gasteiger partial charge in [0.15, 0.2) is 0 Å². The van der Waals surface area contributed by atoms with Crippen molar-refractivity contribution in [3.63, 3.8) is 0 Å². The molecule has 0 aromatic rings. The fourth-order valence-electron chi connectivity index (χ4n) is 0.770. The van der Waals surface area contributed by atoms with Crippen molar-refractivity contribution >= 4 is 0 Å². The summed E-state index contributed by atoms with van der Waals surface area (Å²) in [6.45, 7) is 14.7. The van der Waals surface area contributed by atoms with E-state index in [1.165, 1.54) is 16.7 Å². The Hall–Kier alpha value is -0.520. The van der Waals surface area contributed by atoms with Gasteiger partial charge in [0.05, 0.1) is 0 Å². The van der Waals surface area contributed by atoms with Gasteiger partial charge in [0, 0.05) is 0 Å². The number of rotatable bonds is 2. The second-order valence-electron chi connectivity index (χ2n) is 3.24. The summed E-state index contributed by atoms with van der Waals surface area (Å²) in [6, 6.07) is 0. The monoisotopic (exact) mass is 138 g/mol. The van der Waals surface area contributed by atoms with Crippen molar-refractivity contribution in [2.24, 2.45) is 5.92 Å². The molecule has 0 heteroatoms. The summed E-state index contributed by atoms with van der Waals surface area (Å²) in [7, 11) is 0. The zero-order valence-corrected chi connectivity index (χ0v) is 7.78. The zero-order chi connectivity index (χ0) is 8.31. The molecule has 0 heterocycles. The van der Waals surface area contributed by atoms with Gasteiger partial charge in [-0.3, -0.25) is 0 Å². The standard InChI is InChI=1S/C10H18/c1-7(2)9(5)10(6)8(3)4/h8H,1H2,2-6H3. The van der Waals surface area contributed by atoms with Crippen LogP contribution in [0.4, 0.5) is 0 Å². The van der Waals surface area contributed by atoms with Crippen molar-refractivity contribution in [2.75, 3.05) is 0 Å². The highest BCUT2D eigenvalue weighted by molar-refractivity contribution is 5.29. The van der Waals surface area contributed by atoms with Gasteiger partial charge in [0.1, 0.15) is 0 Å². The van der Waals surface area contributed by atoms with Gasteiger partial charge in [-0.15, -0.1) is 0 Å². The Morgan fingerprint density at radius 2 is 1.50 bits per heavy atom. The lowest BCUT2D eigenvalue weighted by molar-refractivity contribution is 0.758. The van der Waals surface area contributed by atoms with Gasteiger partial charge in [-0.25, -0.2) is 0 Å². The van der Waals surface area contributed by atoms with Crippen LogP contribution < -0.4 is 0 Å². The van der Waals surface area contributed by atoms with E-state index < -0.39 is 0 Å². The van der Waals surface area contributed by atoms with Crippen LogP contribution in [0.15, 0.2) is 23.3 Å². The van der Waals surface area contributed by atoms with E-state index in [0.29, 0.717) is 5.92 Å². The summed E-state index contributed by atoms with van der Waals surface area (Å²) < 4.78 is 0. The number of hydrogen-bond acceptors (Lipinski definition) is 0. The van der Waals surface area contributed by atoms with Crippen molar-refractivity contribution in [1.82, 2.24) is 0 Å². The molecule has 0 aliphatic heterocycles. The van der Waals surface area contributed by atoms with Crippen molar-refractivity contribution in [3.8, 4) is 0 Å². The molecule has 0 aromatic carbocycles. The molecular formula is C10H18. The first-order chi connectivity index (χ1) is 4.46. The van der Waals surface area contributed by atoms with E-state index in [1.54, 1.807) is 0 Å². The molecule has 0 aliphatic carbocycles. The Labute approximate surface area is 64.6 Å². The molecule has 10 heavy (non-hydrogen) atoms. The molecule has 0 N–H and O–H groups in total. The third kappa shape index (κ3) is 2.38. The quantitative estimate of drug-likeness (QED) is 0.512. The SMILES string of the molecule is C=C(C)C(C)=C(C)C(C)C. The molecule has 0 bridgehead atoms. The molecule has 0 spiro atoms. The van der Waals surface area contributed by atoms with Gasteiger partial charge in [0.25, 0.3) is 0 Å². The van der Waals surface area contributed by atoms with Crippen LogP contribution in [0.25, 0.3) is 0 Å². The first-order valence-electron chi connectivity index (χ1n) is 3.80. The molecule has 0 nitrogen and oxygen atoms in total. The molecule has 0 aromatic heterocycles. The highest BCUT2D eigenvalue weighted by Gasteiger charge is 2.00. The van der Waals surface area contributed by atoms with E-state index in [2.05, 4.69) is 41.2 Å². The van der Waals surface area contributed by atoms with Gasteiger partial charge >= 0.3 is 0 Å². The van der Waals surface area contributed by atoms with Gasteiger partial charge in [-0.05, 0) is 32.3 Å². The summed E-state index contributed by atoms with van der Waals surface area (Å²) in [4.78, 5) is 0. The Kier molecular flexibility index (Phi) is 3.41. The Balaban J connectivity index is 4.50. The van der Waals surface area contributed by atoms with Gasteiger partial charge in [-0.1, -0.05) is 31.6 Å². The Bertz CT molecular complexity index is 159. The predicted molar refractivity (Wildman–Crippen MR) is 48.0 cm³/mol. The Morgan fingerprint density at radius 1 is 1.10 bits per heavy atom. The fourth-order valence-corrected chi connectivity index (χ4v) is 0.770. The first kappa shape index (κ1) is 9.48. The second kappa shape index (κ2) is 3.60. The lowest BCUT2D eigenvalue weighted by Gasteiger charge is -2.10. The third-order valence-corrected chi connectivity index (χ3v) is 2.10. The smallest absolute Gasteiger partial charge is 0.0257 e. The van der Waals surface area contributed by atoms with E-state index in [4.69, 9.17) is 0 Å². The van der Waals surface area contributed by atoms with Crippen LogP contribution in [0.5, 0.6) is 0 Å². The average Bonchev–Trinajstić information content (AvgIpc) is 1.84. The molecule has 0 atom stereocenters. The molecule has 0 radical (unpaired) electrons. The average molecular weight is 138 g/mol. The normalized spacial score (nSPS) is 13.4. The maximum Gasteiger partial charge on any atom is -0.0257 e. The summed E-state index contributed by atoms with van der Waals surface area (Å²) >= 11 is 0. The van der Waals surface area contributed by atoms with Gasteiger partial charge in [0.2, 0.25) is 0 Å². The lowest BCUT2D eigenvalue weighted by Crippen LogP contribution is -1.93. The van der Waals surface area contributed by atoms with Crippen molar-refractivity contribution in [2.45, 2.75) is 34.6 Å². The second-order valence-corrected chi connectivity index (χ2v) is 3.24. The number of allylic oxidation sites excluding steroid dienone is 3. The van der Waals surface area contributed by atoms with Crippen LogP contribution in [0, 0.1) is 5.92 Å². The Morgan fingerprint density at radius 3 is 1.60 bits per heavy atom. The number of hydrogen-bond donors (Lipinski definition) is 0. The summed E-state index contributed by atoms with van der Waals surface area (Å²) in [5.74, 6) is 0.650. The minimum atomic E-state index is 0.650. The van der Waals surface area contributed by atoms with Crippen molar-refractivity contribution in [1.29, 1.82) is 0 Å². The van der Waals surface area contributed by atoms with Crippen LogP contribution in [-0.2, 0) is 0 Å². The van der Waals surface area contributed by atoms with Crippen molar-refractivity contribution < 1.29 is 0 Å². The van der Waals surface area contributed by atoms with Crippen LogP contribution >= 0.6 is 0 Å². The maximum atomic E-state index is 3.90. The minimum Gasteiger partial charge on any atom is -0.0959 e. The highest BCUT2D eigenvalue weighted by atomic mass is 14.1.